The normalized spacial score (nSPS) is 11.7. The number of H-pyrrole nitrogens is 1. The smallest absolute Gasteiger partial charge is 0.150 e. The van der Waals surface area contributed by atoms with Crippen LogP contribution in [-0.2, 0) is 0 Å². The molecule has 33 heavy (non-hydrogen) atoms. The van der Waals surface area contributed by atoms with Gasteiger partial charge in [-0.25, -0.2) is 0 Å². The maximum Gasteiger partial charge on any atom is 0.150 e. The zero-order valence-electron chi connectivity index (χ0n) is 17.6. The summed E-state index contributed by atoms with van der Waals surface area (Å²) in [6, 6.07) is 30.9. The lowest BCUT2D eigenvalue weighted by Gasteiger charge is -2.05. The Morgan fingerprint density at radius 1 is 0.697 bits per heavy atom. The molecule has 0 fully saturated rings. The molecule has 0 amide bonds. The highest BCUT2D eigenvalue weighted by molar-refractivity contribution is 6.39. The zero-order chi connectivity index (χ0) is 22.6. The Hall–Kier alpha value is -4.15. The largest absolute Gasteiger partial charge is 0.505 e. The van der Waals surface area contributed by atoms with Gasteiger partial charge in [-0.2, -0.15) is 0 Å². The maximum absolute atomic E-state index is 11.1. The Balaban J connectivity index is 1.69. The average molecular weight is 450 g/mol. The molecule has 5 aromatic rings. The number of para-hydroxylation sites is 2. The van der Waals surface area contributed by atoms with E-state index < -0.39 is 0 Å². The molecule has 4 aromatic carbocycles. The molecule has 160 valence electrons. The summed E-state index contributed by atoms with van der Waals surface area (Å²) in [5.74, 6) is 0.102. The van der Waals surface area contributed by atoms with Gasteiger partial charge in [0.2, 0.25) is 0 Å². The first-order valence-corrected chi connectivity index (χ1v) is 10.9. The van der Waals surface area contributed by atoms with Gasteiger partial charge in [-0.1, -0.05) is 78.3 Å². The summed E-state index contributed by atoms with van der Waals surface area (Å²) in [5, 5.41) is 12.1. The first-order valence-electron chi connectivity index (χ1n) is 10.5. The lowest BCUT2D eigenvalue weighted by molar-refractivity contribution is 0.483. The van der Waals surface area contributed by atoms with Crippen molar-refractivity contribution in [2.75, 3.05) is 0 Å². The van der Waals surface area contributed by atoms with Gasteiger partial charge in [-0.3, -0.25) is 9.98 Å². The van der Waals surface area contributed by atoms with E-state index in [1.54, 1.807) is 12.4 Å². The second-order valence-corrected chi connectivity index (χ2v) is 7.90. The predicted octanol–water partition coefficient (Wildman–Crippen LogP) is 7.70. The highest BCUT2D eigenvalue weighted by Crippen LogP contribution is 2.42. The van der Waals surface area contributed by atoms with Crippen LogP contribution < -0.4 is 0 Å². The van der Waals surface area contributed by atoms with Gasteiger partial charge in [0.15, 0.2) is 0 Å². The van der Waals surface area contributed by atoms with E-state index in [1.807, 2.05) is 97.1 Å². The van der Waals surface area contributed by atoms with E-state index in [0.29, 0.717) is 27.2 Å². The number of nitrogens with one attached hydrogen (secondary N) is 1. The van der Waals surface area contributed by atoms with Crippen molar-refractivity contribution in [3.63, 3.8) is 0 Å². The van der Waals surface area contributed by atoms with Crippen LogP contribution in [0.3, 0.4) is 0 Å². The van der Waals surface area contributed by atoms with Crippen LogP contribution in [0.15, 0.2) is 107 Å². The molecule has 0 saturated heterocycles. The van der Waals surface area contributed by atoms with Gasteiger partial charge in [0, 0.05) is 29.1 Å². The maximum atomic E-state index is 11.1. The van der Waals surface area contributed by atoms with Gasteiger partial charge in [0.1, 0.15) is 5.75 Å². The average Bonchev–Trinajstić information content (AvgIpc) is 3.22. The fourth-order valence-corrected chi connectivity index (χ4v) is 3.98. The van der Waals surface area contributed by atoms with E-state index in [-0.39, 0.29) is 5.75 Å². The summed E-state index contributed by atoms with van der Waals surface area (Å²) < 4.78 is 0. The van der Waals surface area contributed by atoms with Crippen molar-refractivity contribution in [1.29, 1.82) is 0 Å². The number of aromatic nitrogens is 1. The van der Waals surface area contributed by atoms with E-state index in [9.17, 15) is 5.11 Å². The number of aromatic amines is 1. The number of hydrogen-bond acceptors (Lipinski definition) is 3. The second-order valence-electron chi connectivity index (χ2n) is 7.52. The number of rotatable bonds is 5. The molecule has 4 nitrogen and oxygen atoms in total. The monoisotopic (exact) mass is 449 g/mol. The van der Waals surface area contributed by atoms with Crippen molar-refractivity contribution in [3.05, 3.63) is 113 Å². The number of aromatic hydroxyl groups is 1. The highest BCUT2D eigenvalue weighted by atomic mass is 35.5. The lowest BCUT2D eigenvalue weighted by atomic mass is 10.1. The van der Waals surface area contributed by atoms with Crippen molar-refractivity contribution in [3.8, 4) is 17.0 Å². The molecule has 0 radical (unpaired) electrons. The van der Waals surface area contributed by atoms with Gasteiger partial charge in [-0.05, 0) is 30.3 Å². The third-order valence-electron chi connectivity index (χ3n) is 5.33. The van der Waals surface area contributed by atoms with Crippen molar-refractivity contribution < 1.29 is 5.11 Å². The van der Waals surface area contributed by atoms with Crippen LogP contribution in [0, 0.1) is 0 Å². The van der Waals surface area contributed by atoms with Crippen molar-refractivity contribution in [2.45, 2.75) is 0 Å². The molecule has 2 N–H and O–H groups in total. The highest BCUT2D eigenvalue weighted by Gasteiger charge is 2.19. The molecule has 0 bridgehead atoms. The van der Waals surface area contributed by atoms with Crippen LogP contribution >= 0.6 is 11.6 Å². The SMILES string of the molecule is Oc1c(-c2ccccc2)[nH]c2c(C=Nc3ccccc3)cc(C=Nc3ccccc3)c(Cl)c12. The molecule has 0 spiro atoms. The number of fused-ring (bicyclic) bond motifs is 1. The summed E-state index contributed by atoms with van der Waals surface area (Å²) in [6.45, 7) is 0. The molecule has 0 aliphatic rings. The summed E-state index contributed by atoms with van der Waals surface area (Å²) in [5.41, 5.74) is 5.33. The van der Waals surface area contributed by atoms with E-state index in [1.165, 1.54) is 0 Å². The number of aliphatic imine (C=N–C) groups is 2. The Morgan fingerprint density at radius 2 is 1.21 bits per heavy atom. The number of benzene rings is 4. The number of nitrogens with zero attached hydrogens (tertiary/aromatic N) is 2. The molecule has 1 heterocycles. The third-order valence-corrected chi connectivity index (χ3v) is 5.73. The fourth-order valence-electron chi connectivity index (χ4n) is 3.69. The lowest BCUT2D eigenvalue weighted by Crippen LogP contribution is -1.91. The van der Waals surface area contributed by atoms with Gasteiger partial charge in [0.25, 0.3) is 0 Å². The summed E-state index contributed by atoms with van der Waals surface area (Å²) in [4.78, 5) is 12.5. The van der Waals surface area contributed by atoms with Crippen LogP contribution in [0.5, 0.6) is 5.75 Å². The van der Waals surface area contributed by atoms with Gasteiger partial charge < -0.3 is 10.1 Å². The molecule has 0 atom stereocenters. The number of halogens is 1. The van der Waals surface area contributed by atoms with E-state index in [0.717, 1.165) is 22.5 Å². The summed E-state index contributed by atoms with van der Waals surface area (Å²) >= 11 is 6.79. The predicted molar refractivity (Wildman–Crippen MR) is 138 cm³/mol. The summed E-state index contributed by atoms with van der Waals surface area (Å²) in [6.07, 6.45) is 3.49. The molecular weight excluding hydrogens is 430 g/mol. The van der Waals surface area contributed by atoms with Crippen LogP contribution in [0.25, 0.3) is 22.2 Å². The van der Waals surface area contributed by atoms with Crippen molar-refractivity contribution >= 4 is 46.3 Å². The van der Waals surface area contributed by atoms with Gasteiger partial charge in [-0.15, -0.1) is 0 Å². The van der Waals surface area contributed by atoms with E-state index in [2.05, 4.69) is 15.0 Å². The minimum Gasteiger partial charge on any atom is -0.505 e. The van der Waals surface area contributed by atoms with Crippen LogP contribution in [0.2, 0.25) is 5.02 Å². The third kappa shape index (κ3) is 4.29. The minimum atomic E-state index is 0.102. The van der Waals surface area contributed by atoms with Gasteiger partial charge in [0.05, 0.1) is 33.0 Å². The Morgan fingerprint density at radius 3 is 1.79 bits per heavy atom. The molecule has 0 aliphatic carbocycles. The standard InChI is InChI=1S/C28H20ClN3O/c29-25-20(17-30-22-12-6-2-7-13-22)16-21(18-31-23-14-8-3-9-15-23)26-24(25)28(33)27(32-26)19-10-4-1-5-11-19/h1-18,32-33H. The first-order chi connectivity index (χ1) is 16.2. The van der Waals surface area contributed by atoms with Crippen molar-refractivity contribution in [2.24, 2.45) is 9.98 Å². The Labute approximate surface area is 196 Å². The zero-order valence-corrected chi connectivity index (χ0v) is 18.4. The van der Waals surface area contributed by atoms with Crippen molar-refractivity contribution in [1.82, 2.24) is 4.98 Å². The van der Waals surface area contributed by atoms with E-state index in [4.69, 9.17) is 11.6 Å². The quantitative estimate of drug-likeness (QED) is 0.265. The second kappa shape index (κ2) is 9.15. The van der Waals surface area contributed by atoms with Crippen LogP contribution in [0.4, 0.5) is 11.4 Å². The fraction of sp³-hybridized carbons (Fsp3) is 0. The molecule has 5 heteroatoms. The molecule has 1 aromatic heterocycles. The Kier molecular flexibility index (Phi) is 5.75. The van der Waals surface area contributed by atoms with Crippen LogP contribution in [0.1, 0.15) is 11.1 Å². The summed E-state index contributed by atoms with van der Waals surface area (Å²) in [7, 11) is 0. The Bertz CT molecular complexity index is 1460. The molecule has 5 rings (SSSR count). The molecule has 0 unspecified atom stereocenters. The molecule has 0 saturated carbocycles. The molecule has 0 aliphatic heterocycles. The van der Waals surface area contributed by atoms with E-state index >= 15 is 0 Å². The van der Waals surface area contributed by atoms with Gasteiger partial charge >= 0.3 is 0 Å². The van der Waals surface area contributed by atoms with Crippen LogP contribution in [-0.4, -0.2) is 22.5 Å². The minimum absolute atomic E-state index is 0.102. The molecular formula is C28H20ClN3O. The first kappa shape index (κ1) is 20.7. The number of hydrogen-bond donors (Lipinski definition) is 2. The topological polar surface area (TPSA) is 60.7 Å².